The minimum absolute atomic E-state index is 0.0491. The van der Waals surface area contributed by atoms with Crippen LogP contribution in [0.4, 0.5) is 11.4 Å². The number of aliphatic hydroxyl groups is 1. The zero-order valence-electron chi connectivity index (χ0n) is 19.2. The molecule has 0 radical (unpaired) electrons. The number of rotatable bonds is 8. The fourth-order valence-electron chi connectivity index (χ4n) is 5.07. The van der Waals surface area contributed by atoms with E-state index < -0.39 is 23.8 Å². The van der Waals surface area contributed by atoms with Gasteiger partial charge in [-0.1, -0.05) is 19.1 Å². The zero-order valence-corrected chi connectivity index (χ0v) is 19.2. The number of fused-ring (bicyclic) bond motifs is 1. The van der Waals surface area contributed by atoms with Crippen LogP contribution in [-0.4, -0.2) is 67.1 Å². The molecule has 174 valence electrons. The fraction of sp³-hybridized carbons (Fsp3) is 0.542. The highest BCUT2D eigenvalue weighted by atomic mass is 16.3. The van der Waals surface area contributed by atoms with Crippen LogP contribution in [0.25, 0.3) is 0 Å². The number of carbonyl (C=O) groups excluding carboxylic acids is 3. The number of aliphatic hydroxyl groups excluding tert-OH is 1. The average molecular weight is 443 g/mol. The number of amides is 3. The fourth-order valence-corrected chi connectivity index (χ4v) is 5.07. The molecule has 1 aromatic rings. The molecule has 1 aromatic carbocycles. The molecule has 5 atom stereocenters. The Morgan fingerprint density at radius 2 is 1.75 bits per heavy atom. The number of allylic oxidation sites excluding steroid dienone is 1. The maximum Gasteiger partial charge on any atom is 0.247 e. The molecule has 0 bridgehead atoms. The number of hydrogen-bond donors (Lipinski definition) is 3. The van der Waals surface area contributed by atoms with E-state index in [0.29, 0.717) is 5.69 Å². The predicted octanol–water partition coefficient (Wildman–Crippen LogP) is 1.47. The van der Waals surface area contributed by atoms with E-state index in [1.54, 1.807) is 7.05 Å². The minimum atomic E-state index is -0.780. The molecular formula is C24H34N4O4. The van der Waals surface area contributed by atoms with E-state index in [4.69, 9.17) is 0 Å². The summed E-state index contributed by atoms with van der Waals surface area (Å²) in [5.41, 5.74) is 1.71. The molecular weight excluding hydrogens is 408 g/mol. The lowest BCUT2D eigenvalue weighted by molar-refractivity contribution is -0.140. The van der Waals surface area contributed by atoms with E-state index >= 15 is 0 Å². The van der Waals surface area contributed by atoms with Gasteiger partial charge in [0, 0.05) is 44.0 Å². The largest absolute Gasteiger partial charge is 0.395 e. The second-order valence-electron chi connectivity index (χ2n) is 8.40. The molecule has 1 heterocycles. The molecule has 0 unspecified atom stereocenters. The Bertz CT molecular complexity index is 865. The van der Waals surface area contributed by atoms with Crippen LogP contribution in [0.15, 0.2) is 36.4 Å². The molecule has 1 fully saturated rings. The molecule has 0 spiro atoms. The number of hydrogen-bond acceptors (Lipinski definition) is 5. The first-order valence-electron chi connectivity index (χ1n) is 11.3. The SMILES string of the molecule is CCN(CC)c1ccc(NC(=O)[C@@H]2[C@H]3C=C[C@@H](C)[C@@H](C(=O)NC)[C@H]3C(=O)N2CCO)cc1. The van der Waals surface area contributed by atoms with Gasteiger partial charge in [-0.15, -0.1) is 0 Å². The van der Waals surface area contributed by atoms with Gasteiger partial charge < -0.3 is 25.5 Å². The summed E-state index contributed by atoms with van der Waals surface area (Å²) in [4.78, 5) is 42.8. The van der Waals surface area contributed by atoms with Crippen molar-refractivity contribution in [2.45, 2.75) is 26.8 Å². The maximum absolute atomic E-state index is 13.3. The Balaban J connectivity index is 1.86. The molecule has 0 saturated carbocycles. The standard InChI is InChI=1S/C24H34N4O4/c1-5-27(6-2)17-10-8-16(9-11-17)26-23(31)21-18-12-7-15(3)19(22(30)25-4)20(18)24(32)28(21)13-14-29/h7-12,15,18-21,29H,5-6,13-14H2,1-4H3,(H,25,30)(H,26,31)/t15-,18+,19-,20+,21+/m1/s1. The third-order valence-electron chi connectivity index (χ3n) is 6.70. The number of likely N-dealkylation sites (tertiary alicyclic amines) is 1. The molecule has 3 rings (SSSR count). The first kappa shape index (κ1) is 23.8. The van der Waals surface area contributed by atoms with Gasteiger partial charge in [-0.05, 0) is 44.0 Å². The molecule has 0 aromatic heterocycles. The quantitative estimate of drug-likeness (QED) is 0.530. The number of nitrogens with one attached hydrogen (secondary N) is 2. The molecule has 8 heteroatoms. The molecule has 1 saturated heterocycles. The molecule has 32 heavy (non-hydrogen) atoms. The van der Waals surface area contributed by atoms with Crippen LogP contribution in [0.2, 0.25) is 0 Å². The number of nitrogens with zero attached hydrogens (tertiary/aromatic N) is 2. The van der Waals surface area contributed by atoms with Gasteiger partial charge in [0.2, 0.25) is 17.7 Å². The average Bonchev–Trinajstić information content (AvgIpc) is 3.07. The van der Waals surface area contributed by atoms with E-state index in [-0.39, 0.29) is 36.8 Å². The van der Waals surface area contributed by atoms with Gasteiger partial charge in [0.1, 0.15) is 6.04 Å². The van der Waals surface area contributed by atoms with Crippen LogP contribution in [0.5, 0.6) is 0 Å². The zero-order chi connectivity index (χ0) is 23.4. The first-order chi connectivity index (χ1) is 15.4. The highest BCUT2D eigenvalue weighted by Gasteiger charge is 2.56. The van der Waals surface area contributed by atoms with Crippen LogP contribution < -0.4 is 15.5 Å². The van der Waals surface area contributed by atoms with Gasteiger partial charge in [0.05, 0.1) is 18.4 Å². The summed E-state index contributed by atoms with van der Waals surface area (Å²) in [5.74, 6) is -2.50. The lowest BCUT2D eigenvalue weighted by atomic mass is 9.70. The lowest BCUT2D eigenvalue weighted by Crippen LogP contribution is -2.45. The molecule has 1 aliphatic carbocycles. The summed E-state index contributed by atoms with van der Waals surface area (Å²) in [6, 6.07) is 6.84. The third-order valence-corrected chi connectivity index (χ3v) is 6.70. The summed E-state index contributed by atoms with van der Waals surface area (Å²) in [6.45, 7) is 7.66. The second kappa shape index (κ2) is 10.2. The van der Waals surface area contributed by atoms with E-state index in [0.717, 1.165) is 18.8 Å². The minimum Gasteiger partial charge on any atom is -0.395 e. The van der Waals surface area contributed by atoms with Gasteiger partial charge >= 0.3 is 0 Å². The normalized spacial score (nSPS) is 26.6. The Kier molecular flexibility index (Phi) is 7.56. The van der Waals surface area contributed by atoms with Crippen molar-refractivity contribution in [3.05, 3.63) is 36.4 Å². The van der Waals surface area contributed by atoms with Crippen molar-refractivity contribution in [2.24, 2.45) is 23.7 Å². The van der Waals surface area contributed by atoms with Crippen LogP contribution in [-0.2, 0) is 14.4 Å². The van der Waals surface area contributed by atoms with Crippen molar-refractivity contribution in [3.8, 4) is 0 Å². The van der Waals surface area contributed by atoms with Crippen molar-refractivity contribution in [3.63, 3.8) is 0 Å². The van der Waals surface area contributed by atoms with Crippen molar-refractivity contribution in [1.82, 2.24) is 10.2 Å². The maximum atomic E-state index is 13.3. The molecule has 8 nitrogen and oxygen atoms in total. The highest BCUT2D eigenvalue weighted by molar-refractivity contribution is 6.02. The lowest BCUT2D eigenvalue weighted by Gasteiger charge is -2.32. The summed E-state index contributed by atoms with van der Waals surface area (Å²) in [5, 5.41) is 15.1. The Hall–Kier alpha value is -2.87. The van der Waals surface area contributed by atoms with Crippen LogP contribution >= 0.6 is 0 Å². The van der Waals surface area contributed by atoms with Crippen molar-refractivity contribution in [2.75, 3.05) is 43.5 Å². The van der Waals surface area contributed by atoms with Crippen molar-refractivity contribution >= 4 is 29.1 Å². The monoisotopic (exact) mass is 442 g/mol. The highest BCUT2D eigenvalue weighted by Crippen LogP contribution is 2.44. The van der Waals surface area contributed by atoms with Gasteiger partial charge in [-0.3, -0.25) is 14.4 Å². The van der Waals surface area contributed by atoms with Crippen molar-refractivity contribution in [1.29, 1.82) is 0 Å². The molecule has 3 amide bonds. The summed E-state index contributed by atoms with van der Waals surface area (Å²) < 4.78 is 0. The van der Waals surface area contributed by atoms with Crippen LogP contribution in [0.1, 0.15) is 20.8 Å². The van der Waals surface area contributed by atoms with Gasteiger partial charge in [0.15, 0.2) is 0 Å². The van der Waals surface area contributed by atoms with E-state index in [2.05, 4.69) is 29.4 Å². The Morgan fingerprint density at radius 3 is 2.31 bits per heavy atom. The smallest absolute Gasteiger partial charge is 0.247 e. The summed E-state index contributed by atoms with van der Waals surface area (Å²) in [6.07, 6.45) is 3.80. The number of benzene rings is 1. The number of β-amino-alcohol motifs (C(OH)–C–C–N with tert-alkyl or cyclic N) is 1. The Labute approximate surface area is 189 Å². The Morgan fingerprint density at radius 1 is 1.09 bits per heavy atom. The predicted molar refractivity (Wildman–Crippen MR) is 124 cm³/mol. The molecule has 1 aliphatic heterocycles. The molecule has 3 N–H and O–H groups in total. The van der Waals surface area contributed by atoms with Crippen LogP contribution in [0, 0.1) is 23.7 Å². The van der Waals surface area contributed by atoms with Gasteiger partial charge in [-0.2, -0.15) is 0 Å². The summed E-state index contributed by atoms with van der Waals surface area (Å²) in [7, 11) is 1.55. The number of carbonyl (C=O) groups is 3. The number of anilines is 2. The van der Waals surface area contributed by atoms with E-state index in [9.17, 15) is 19.5 Å². The van der Waals surface area contributed by atoms with Gasteiger partial charge in [-0.25, -0.2) is 0 Å². The summed E-state index contributed by atoms with van der Waals surface area (Å²) >= 11 is 0. The topological polar surface area (TPSA) is 102 Å². The second-order valence-corrected chi connectivity index (χ2v) is 8.40. The third kappa shape index (κ3) is 4.37. The van der Waals surface area contributed by atoms with E-state index in [1.165, 1.54) is 4.90 Å². The van der Waals surface area contributed by atoms with E-state index in [1.807, 2.05) is 43.3 Å². The first-order valence-corrected chi connectivity index (χ1v) is 11.3. The van der Waals surface area contributed by atoms with Crippen LogP contribution in [0.3, 0.4) is 0 Å². The van der Waals surface area contributed by atoms with Crippen molar-refractivity contribution < 1.29 is 19.5 Å². The molecule has 2 aliphatic rings. The van der Waals surface area contributed by atoms with Gasteiger partial charge in [0.25, 0.3) is 0 Å².